The first-order chi connectivity index (χ1) is 8.99. The summed E-state index contributed by atoms with van der Waals surface area (Å²) in [6, 6.07) is 5.69. The van der Waals surface area contributed by atoms with E-state index in [1.54, 1.807) is 7.11 Å². The normalized spacial score (nSPS) is 11.4. The Morgan fingerprint density at radius 3 is 2.53 bits per heavy atom. The average molecular weight is 330 g/mol. The Bertz CT molecular complexity index is 444. The monoisotopic (exact) mass is 329 g/mol. The molecule has 1 aromatic carbocycles. The Morgan fingerprint density at radius 1 is 1.42 bits per heavy atom. The van der Waals surface area contributed by atoms with E-state index in [1.165, 1.54) is 0 Å². The molecule has 0 heterocycles. The van der Waals surface area contributed by atoms with Gasteiger partial charge < -0.3 is 9.84 Å². The van der Waals surface area contributed by atoms with Crippen LogP contribution in [0.5, 0.6) is 5.75 Å². The number of carbonyl (C=O) groups is 1. The van der Waals surface area contributed by atoms with Gasteiger partial charge in [0.15, 0.2) is 0 Å². The van der Waals surface area contributed by atoms with Crippen LogP contribution in [0.1, 0.15) is 32.3 Å². The molecule has 0 radical (unpaired) electrons. The number of aliphatic carboxylic acids is 1. The van der Waals surface area contributed by atoms with Gasteiger partial charge in [-0.1, -0.05) is 29.8 Å². The van der Waals surface area contributed by atoms with Crippen molar-refractivity contribution >= 4 is 21.9 Å². The van der Waals surface area contributed by atoms with Gasteiger partial charge in [-0.2, -0.15) is 0 Å². The van der Waals surface area contributed by atoms with Gasteiger partial charge in [0.25, 0.3) is 0 Å². The van der Waals surface area contributed by atoms with Crippen molar-refractivity contribution < 1.29 is 14.6 Å². The summed E-state index contributed by atoms with van der Waals surface area (Å²) < 4.78 is 6.23. The minimum Gasteiger partial charge on any atom is -0.496 e. The van der Waals surface area contributed by atoms with Crippen molar-refractivity contribution in [2.24, 2.45) is 0 Å². The molecule has 0 aliphatic rings. The second-order valence-electron chi connectivity index (χ2n) is 4.40. The number of rotatable bonds is 7. The van der Waals surface area contributed by atoms with Crippen molar-refractivity contribution in [3.05, 3.63) is 28.2 Å². The van der Waals surface area contributed by atoms with Crippen LogP contribution >= 0.6 is 15.9 Å². The van der Waals surface area contributed by atoms with E-state index in [4.69, 9.17) is 4.74 Å². The number of hydrogen-bond donors (Lipinski definition) is 2. The predicted octanol–water partition coefficient (Wildman–Crippen LogP) is 3.19. The number of halogens is 1. The number of carboxylic acid groups (broad SMARTS) is 1. The van der Waals surface area contributed by atoms with Crippen LogP contribution in [0.2, 0.25) is 0 Å². The Morgan fingerprint density at radius 2 is 2.05 bits per heavy atom. The minimum absolute atomic E-state index is 0.455. The second-order valence-corrected chi connectivity index (χ2v) is 5.32. The highest BCUT2D eigenvalue weighted by Gasteiger charge is 2.34. The molecule has 0 atom stereocenters. The topological polar surface area (TPSA) is 58.6 Å². The van der Waals surface area contributed by atoms with Crippen molar-refractivity contribution in [2.75, 3.05) is 7.11 Å². The lowest BCUT2D eigenvalue weighted by molar-refractivity contribution is -0.145. The molecule has 0 saturated heterocycles. The van der Waals surface area contributed by atoms with Crippen LogP contribution in [0.25, 0.3) is 0 Å². The van der Waals surface area contributed by atoms with Gasteiger partial charge in [0.05, 0.1) is 7.11 Å². The highest BCUT2D eigenvalue weighted by Crippen LogP contribution is 2.24. The zero-order valence-electron chi connectivity index (χ0n) is 11.5. The smallest absolute Gasteiger partial charge is 0.323 e. The third-order valence-electron chi connectivity index (χ3n) is 3.48. The minimum atomic E-state index is -0.882. The largest absolute Gasteiger partial charge is 0.496 e. The first kappa shape index (κ1) is 16.0. The molecule has 0 bridgehead atoms. The predicted molar refractivity (Wildman–Crippen MR) is 78.5 cm³/mol. The van der Waals surface area contributed by atoms with Crippen LogP contribution in [-0.2, 0) is 11.3 Å². The third kappa shape index (κ3) is 3.70. The summed E-state index contributed by atoms with van der Waals surface area (Å²) in [7, 11) is 1.61. The lowest BCUT2D eigenvalue weighted by Gasteiger charge is -2.28. The standard InChI is InChI=1S/C14H20BrNO3/c1-4-14(5-2,13(17)18)16-9-10-8-11(15)6-7-12(10)19-3/h6-8,16H,4-5,9H2,1-3H3,(H,17,18). The number of ether oxygens (including phenoxy) is 1. The molecule has 0 aliphatic carbocycles. The van der Waals surface area contributed by atoms with E-state index in [2.05, 4.69) is 21.2 Å². The van der Waals surface area contributed by atoms with E-state index < -0.39 is 11.5 Å². The lowest BCUT2D eigenvalue weighted by atomic mass is 9.92. The summed E-state index contributed by atoms with van der Waals surface area (Å²) in [5, 5.41) is 12.5. The van der Waals surface area contributed by atoms with Gasteiger partial charge in [0, 0.05) is 16.6 Å². The number of carboxylic acids is 1. The Labute approximate surface area is 122 Å². The highest BCUT2D eigenvalue weighted by atomic mass is 79.9. The van der Waals surface area contributed by atoms with Gasteiger partial charge in [-0.05, 0) is 31.0 Å². The molecule has 19 heavy (non-hydrogen) atoms. The summed E-state index contributed by atoms with van der Waals surface area (Å²) in [6.45, 7) is 4.21. The fourth-order valence-electron chi connectivity index (χ4n) is 2.03. The summed E-state index contributed by atoms with van der Waals surface area (Å²) in [5.74, 6) is -0.0614. The zero-order valence-corrected chi connectivity index (χ0v) is 13.1. The SMILES string of the molecule is CCC(CC)(NCc1cc(Br)ccc1OC)C(=O)O. The van der Waals surface area contributed by atoms with E-state index in [9.17, 15) is 9.90 Å². The molecular weight excluding hydrogens is 310 g/mol. The van der Waals surface area contributed by atoms with Crippen LogP contribution < -0.4 is 10.1 Å². The summed E-state index contributed by atoms with van der Waals surface area (Å²) in [5.41, 5.74) is 0.0530. The van der Waals surface area contributed by atoms with Crippen LogP contribution in [0.15, 0.2) is 22.7 Å². The van der Waals surface area contributed by atoms with Gasteiger partial charge >= 0.3 is 5.97 Å². The molecule has 1 rings (SSSR count). The third-order valence-corrected chi connectivity index (χ3v) is 3.97. The van der Waals surface area contributed by atoms with Crippen molar-refractivity contribution in [1.82, 2.24) is 5.32 Å². The molecule has 0 saturated carbocycles. The van der Waals surface area contributed by atoms with Crippen molar-refractivity contribution in [3.63, 3.8) is 0 Å². The number of hydrogen-bond acceptors (Lipinski definition) is 3. The van der Waals surface area contributed by atoms with Crippen molar-refractivity contribution in [1.29, 1.82) is 0 Å². The summed E-state index contributed by atoms with van der Waals surface area (Å²) in [6.07, 6.45) is 1.07. The maximum Gasteiger partial charge on any atom is 0.323 e. The molecule has 106 valence electrons. The van der Waals surface area contributed by atoms with Gasteiger partial charge in [-0.3, -0.25) is 10.1 Å². The quantitative estimate of drug-likeness (QED) is 0.806. The van der Waals surface area contributed by atoms with Crippen LogP contribution in [-0.4, -0.2) is 23.7 Å². The summed E-state index contributed by atoms with van der Waals surface area (Å²) in [4.78, 5) is 11.4. The van der Waals surface area contributed by atoms with Gasteiger partial charge in [-0.25, -0.2) is 0 Å². The maximum atomic E-state index is 11.4. The highest BCUT2D eigenvalue weighted by molar-refractivity contribution is 9.10. The van der Waals surface area contributed by atoms with E-state index in [1.807, 2.05) is 32.0 Å². The van der Waals surface area contributed by atoms with Crippen molar-refractivity contribution in [2.45, 2.75) is 38.8 Å². The fourth-order valence-corrected chi connectivity index (χ4v) is 2.44. The molecule has 2 N–H and O–H groups in total. The Hall–Kier alpha value is -1.07. The molecule has 0 spiro atoms. The average Bonchev–Trinajstić information content (AvgIpc) is 2.40. The summed E-state index contributed by atoms with van der Waals surface area (Å²) >= 11 is 3.41. The zero-order chi connectivity index (χ0) is 14.5. The van der Waals surface area contributed by atoms with Gasteiger partial charge in [0.1, 0.15) is 11.3 Å². The van der Waals surface area contributed by atoms with Crippen LogP contribution in [0, 0.1) is 0 Å². The molecule has 1 aromatic rings. The molecule has 0 amide bonds. The number of benzene rings is 1. The van der Waals surface area contributed by atoms with Gasteiger partial charge in [0.2, 0.25) is 0 Å². The first-order valence-corrected chi connectivity index (χ1v) is 7.09. The molecule has 0 fully saturated rings. The van der Waals surface area contributed by atoms with Crippen molar-refractivity contribution in [3.8, 4) is 5.75 Å². The fraction of sp³-hybridized carbons (Fsp3) is 0.500. The van der Waals surface area contributed by atoms with E-state index in [0.29, 0.717) is 19.4 Å². The Balaban J connectivity index is 2.91. The van der Waals surface area contributed by atoms with E-state index >= 15 is 0 Å². The van der Waals surface area contributed by atoms with E-state index in [-0.39, 0.29) is 0 Å². The lowest BCUT2D eigenvalue weighted by Crippen LogP contribution is -2.50. The molecular formula is C14H20BrNO3. The van der Waals surface area contributed by atoms with E-state index in [0.717, 1.165) is 15.8 Å². The number of methoxy groups -OCH3 is 1. The molecule has 0 aliphatic heterocycles. The molecule has 5 heteroatoms. The number of nitrogens with one attached hydrogen (secondary N) is 1. The molecule has 0 unspecified atom stereocenters. The van der Waals surface area contributed by atoms with Gasteiger partial charge in [-0.15, -0.1) is 0 Å². The first-order valence-electron chi connectivity index (χ1n) is 6.30. The van der Waals surface area contributed by atoms with Crippen LogP contribution in [0.4, 0.5) is 0 Å². The Kier molecular flexibility index (Phi) is 5.82. The molecule has 0 aromatic heterocycles. The maximum absolute atomic E-state index is 11.4. The molecule has 4 nitrogen and oxygen atoms in total. The second kappa shape index (κ2) is 6.91. The van der Waals surface area contributed by atoms with Crippen LogP contribution in [0.3, 0.4) is 0 Å².